The van der Waals surface area contributed by atoms with E-state index in [4.69, 9.17) is 4.42 Å². The van der Waals surface area contributed by atoms with E-state index < -0.39 is 5.76 Å². The largest absolute Gasteiger partial charge is 0.417 e. The van der Waals surface area contributed by atoms with Crippen LogP contribution in [0, 0.1) is 6.92 Å². The molecule has 2 aromatic carbocycles. The number of amides is 1. The second-order valence-electron chi connectivity index (χ2n) is 8.26. The number of hydrogen-bond acceptors (Lipinski definition) is 7. The highest BCUT2D eigenvalue weighted by atomic mass is 16.4. The molecule has 2 aromatic heterocycles. The highest BCUT2D eigenvalue weighted by Crippen LogP contribution is 2.26. The summed E-state index contributed by atoms with van der Waals surface area (Å²) in [6.45, 7) is 2.68. The molecule has 0 atom stereocenters. The molecule has 33 heavy (non-hydrogen) atoms. The molecule has 0 bridgehead atoms. The number of nitrogens with one attached hydrogen (secondary N) is 3. The highest BCUT2D eigenvalue weighted by Gasteiger charge is 2.19. The Morgan fingerprint density at radius 1 is 1.06 bits per heavy atom. The summed E-state index contributed by atoms with van der Waals surface area (Å²) in [5, 5.41) is 6.48. The molecule has 168 valence electrons. The lowest BCUT2D eigenvalue weighted by Gasteiger charge is -2.22. The molecule has 9 heteroatoms. The Morgan fingerprint density at radius 2 is 1.88 bits per heavy atom. The van der Waals surface area contributed by atoms with Crippen molar-refractivity contribution in [2.45, 2.75) is 26.2 Å². The maximum Gasteiger partial charge on any atom is 0.417 e. The lowest BCUT2D eigenvalue weighted by molar-refractivity contribution is 0.0787. The zero-order valence-electron chi connectivity index (χ0n) is 18.4. The zero-order chi connectivity index (χ0) is 22.9. The first-order chi connectivity index (χ1) is 16.0. The van der Waals surface area contributed by atoms with Crippen LogP contribution in [0.1, 0.15) is 34.3 Å². The number of rotatable bonds is 4. The van der Waals surface area contributed by atoms with Crippen LogP contribution in [0.2, 0.25) is 0 Å². The maximum absolute atomic E-state index is 12.8. The number of carbonyl (C=O) groups is 1. The van der Waals surface area contributed by atoms with Gasteiger partial charge in [0.05, 0.1) is 5.52 Å². The number of aromatic amines is 1. The molecule has 4 aromatic rings. The summed E-state index contributed by atoms with van der Waals surface area (Å²) in [6.07, 6.45) is 4.70. The van der Waals surface area contributed by atoms with E-state index in [0.29, 0.717) is 22.9 Å². The number of anilines is 4. The van der Waals surface area contributed by atoms with Crippen molar-refractivity contribution in [1.82, 2.24) is 19.9 Å². The van der Waals surface area contributed by atoms with Gasteiger partial charge in [0.25, 0.3) is 5.91 Å². The standard InChI is InChI=1S/C24H24N6O3/c1-14-13-25-23(29-21(14)26-17-8-9-20-19(12-17)28-24(32)33-20)27-16-7-6-15-5-3-4-10-30(2)22(31)18(15)11-16/h6-9,11-13H,3-5,10H2,1-2H3,(H,28,32)(H2,25,26,27,29). The van der Waals surface area contributed by atoms with Gasteiger partial charge in [-0.05, 0) is 62.1 Å². The van der Waals surface area contributed by atoms with Crippen LogP contribution in [-0.2, 0) is 6.42 Å². The summed E-state index contributed by atoms with van der Waals surface area (Å²) in [4.78, 5) is 37.6. The van der Waals surface area contributed by atoms with Crippen molar-refractivity contribution in [2.75, 3.05) is 24.2 Å². The van der Waals surface area contributed by atoms with Crippen molar-refractivity contribution >= 4 is 40.1 Å². The third-order valence-corrected chi connectivity index (χ3v) is 5.79. The van der Waals surface area contributed by atoms with Gasteiger partial charge in [0.15, 0.2) is 5.58 Å². The van der Waals surface area contributed by atoms with Crippen molar-refractivity contribution in [3.63, 3.8) is 0 Å². The Labute approximate surface area is 189 Å². The van der Waals surface area contributed by atoms with Gasteiger partial charge in [0.2, 0.25) is 5.95 Å². The molecule has 0 saturated carbocycles. The van der Waals surface area contributed by atoms with E-state index in [1.165, 1.54) is 0 Å². The molecule has 0 saturated heterocycles. The number of aromatic nitrogens is 3. The van der Waals surface area contributed by atoms with Gasteiger partial charge >= 0.3 is 5.76 Å². The second kappa shape index (κ2) is 8.42. The van der Waals surface area contributed by atoms with Gasteiger partial charge in [-0.2, -0.15) is 4.98 Å². The first-order valence-corrected chi connectivity index (χ1v) is 10.9. The minimum absolute atomic E-state index is 0.0354. The van der Waals surface area contributed by atoms with Gasteiger partial charge in [-0.15, -0.1) is 0 Å². The summed E-state index contributed by atoms with van der Waals surface area (Å²) < 4.78 is 5.05. The topological polar surface area (TPSA) is 116 Å². The summed E-state index contributed by atoms with van der Waals surface area (Å²) >= 11 is 0. The van der Waals surface area contributed by atoms with Crippen molar-refractivity contribution < 1.29 is 9.21 Å². The van der Waals surface area contributed by atoms with Gasteiger partial charge in [-0.1, -0.05) is 6.07 Å². The molecule has 0 spiro atoms. The molecule has 0 unspecified atom stereocenters. The zero-order valence-corrected chi connectivity index (χ0v) is 18.4. The van der Waals surface area contributed by atoms with Crippen LogP contribution in [0.4, 0.5) is 23.1 Å². The van der Waals surface area contributed by atoms with Crippen molar-refractivity contribution in [1.29, 1.82) is 0 Å². The lowest BCUT2D eigenvalue weighted by atomic mass is 9.98. The number of nitrogens with zero attached hydrogens (tertiary/aromatic N) is 3. The number of carbonyl (C=O) groups excluding carboxylic acids is 1. The molecule has 0 aliphatic carbocycles. The number of fused-ring (bicyclic) bond motifs is 2. The Balaban J connectivity index is 1.40. The van der Waals surface area contributed by atoms with Crippen LogP contribution < -0.4 is 16.4 Å². The fourth-order valence-electron chi connectivity index (χ4n) is 3.97. The average Bonchev–Trinajstić information content (AvgIpc) is 3.17. The van der Waals surface area contributed by atoms with Gasteiger partial charge in [-0.3, -0.25) is 9.78 Å². The van der Waals surface area contributed by atoms with E-state index in [1.54, 1.807) is 23.2 Å². The number of oxazole rings is 1. The molecular formula is C24H24N6O3. The lowest BCUT2D eigenvalue weighted by Crippen LogP contribution is -2.30. The number of hydrogen-bond donors (Lipinski definition) is 3. The minimum atomic E-state index is -0.493. The number of H-pyrrole nitrogens is 1. The molecule has 1 aliphatic heterocycles. The number of benzene rings is 2. The fraction of sp³-hybridized carbons (Fsp3) is 0.250. The summed E-state index contributed by atoms with van der Waals surface area (Å²) in [5.41, 5.74) is 5.24. The Morgan fingerprint density at radius 3 is 2.76 bits per heavy atom. The SMILES string of the molecule is Cc1cnc(Nc2ccc3c(c2)C(=O)N(C)CCCC3)nc1Nc1ccc2oc(=O)[nH]c2c1. The average molecular weight is 444 g/mol. The van der Waals surface area contributed by atoms with E-state index in [1.807, 2.05) is 38.2 Å². The molecule has 0 radical (unpaired) electrons. The molecule has 3 N–H and O–H groups in total. The smallest absolute Gasteiger partial charge is 0.408 e. The molecule has 0 fully saturated rings. The molecule has 1 amide bonds. The first-order valence-electron chi connectivity index (χ1n) is 10.9. The normalized spacial score (nSPS) is 14.0. The molecule has 9 nitrogen and oxygen atoms in total. The predicted molar refractivity (Wildman–Crippen MR) is 127 cm³/mol. The van der Waals surface area contributed by atoms with E-state index in [2.05, 4.69) is 25.6 Å². The van der Waals surface area contributed by atoms with Crippen molar-refractivity contribution in [3.05, 3.63) is 69.8 Å². The third-order valence-electron chi connectivity index (χ3n) is 5.79. The molecule has 5 rings (SSSR count). The van der Waals surface area contributed by atoms with Crippen molar-refractivity contribution in [2.24, 2.45) is 0 Å². The Bertz CT molecular complexity index is 1410. The highest BCUT2D eigenvalue weighted by molar-refractivity contribution is 5.96. The van der Waals surface area contributed by atoms with E-state index in [9.17, 15) is 9.59 Å². The molecule has 3 heterocycles. The quantitative estimate of drug-likeness (QED) is 0.434. The van der Waals surface area contributed by atoms with E-state index in [-0.39, 0.29) is 5.91 Å². The van der Waals surface area contributed by atoms with Crippen LogP contribution >= 0.6 is 0 Å². The van der Waals surface area contributed by atoms with E-state index in [0.717, 1.165) is 53.9 Å². The van der Waals surface area contributed by atoms with Crippen LogP contribution in [0.5, 0.6) is 0 Å². The Kier molecular flexibility index (Phi) is 5.29. The maximum atomic E-state index is 12.8. The van der Waals surface area contributed by atoms with Crippen molar-refractivity contribution in [3.8, 4) is 0 Å². The second-order valence-corrected chi connectivity index (χ2v) is 8.26. The minimum Gasteiger partial charge on any atom is -0.408 e. The van der Waals surface area contributed by atoms with Gasteiger partial charge in [-0.25, -0.2) is 9.78 Å². The summed E-state index contributed by atoms with van der Waals surface area (Å²) in [7, 11) is 1.84. The van der Waals surface area contributed by atoms with Gasteiger partial charge in [0.1, 0.15) is 5.82 Å². The Hall–Kier alpha value is -4.14. The monoisotopic (exact) mass is 444 g/mol. The third kappa shape index (κ3) is 4.30. The summed E-state index contributed by atoms with van der Waals surface area (Å²) in [5.74, 6) is 0.577. The van der Waals surface area contributed by atoms with Crippen LogP contribution in [-0.4, -0.2) is 39.4 Å². The molecule has 1 aliphatic rings. The van der Waals surface area contributed by atoms with Crippen LogP contribution in [0.15, 0.2) is 51.8 Å². The fourth-order valence-corrected chi connectivity index (χ4v) is 3.97. The predicted octanol–water partition coefficient (Wildman–Crippen LogP) is 4.12. The first kappa shape index (κ1) is 20.7. The molecular weight excluding hydrogens is 420 g/mol. The van der Waals surface area contributed by atoms with Gasteiger partial charge in [0, 0.05) is 42.3 Å². The van der Waals surface area contributed by atoms with E-state index >= 15 is 0 Å². The van der Waals surface area contributed by atoms with Gasteiger partial charge < -0.3 is 20.0 Å². The van der Waals surface area contributed by atoms with Crippen LogP contribution in [0.3, 0.4) is 0 Å². The number of aryl methyl sites for hydroxylation is 2. The summed E-state index contributed by atoms with van der Waals surface area (Å²) in [6, 6.07) is 11.1. The van der Waals surface area contributed by atoms with Crippen LogP contribution in [0.25, 0.3) is 11.1 Å².